The first kappa shape index (κ1) is 19.8. The lowest BCUT2D eigenvalue weighted by atomic mass is 10.1. The molecule has 0 fully saturated rings. The molecule has 1 atom stereocenters. The minimum absolute atomic E-state index is 0.0280. The molecule has 0 spiro atoms. The molecule has 4 rings (SSSR count). The Bertz CT molecular complexity index is 1160. The van der Waals surface area contributed by atoms with Gasteiger partial charge in [-0.1, -0.05) is 26.2 Å². The number of anilines is 2. The molecule has 1 N–H and O–H groups in total. The molecule has 7 heteroatoms. The van der Waals surface area contributed by atoms with Crippen molar-refractivity contribution in [2.24, 2.45) is 0 Å². The molecule has 154 valence electrons. The normalized spacial score (nSPS) is 12.2. The molecule has 0 saturated carbocycles. The van der Waals surface area contributed by atoms with Crippen molar-refractivity contribution in [1.82, 2.24) is 24.3 Å². The topological polar surface area (TPSA) is 77.6 Å². The van der Waals surface area contributed by atoms with Gasteiger partial charge in [0.15, 0.2) is 0 Å². The monoisotopic (exact) mass is 402 g/mol. The van der Waals surface area contributed by atoms with Gasteiger partial charge in [-0.2, -0.15) is 10.1 Å². The summed E-state index contributed by atoms with van der Waals surface area (Å²) in [5.41, 5.74) is 2.47. The molecule has 4 aromatic rings. The zero-order chi connectivity index (χ0) is 20.9. The Morgan fingerprint density at radius 1 is 1.10 bits per heavy atom. The summed E-state index contributed by atoms with van der Waals surface area (Å²) < 4.78 is 3.59. The van der Waals surface area contributed by atoms with Crippen molar-refractivity contribution in [3.05, 3.63) is 71.4 Å². The van der Waals surface area contributed by atoms with Gasteiger partial charge in [0.1, 0.15) is 5.65 Å². The average Bonchev–Trinajstić information content (AvgIpc) is 3.29. The van der Waals surface area contributed by atoms with Crippen LogP contribution in [0.4, 0.5) is 11.6 Å². The Morgan fingerprint density at radius 3 is 2.67 bits per heavy atom. The van der Waals surface area contributed by atoms with Crippen LogP contribution in [0, 0.1) is 0 Å². The third-order valence-corrected chi connectivity index (χ3v) is 5.23. The molecule has 0 bridgehead atoms. The number of hydrogen-bond acceptors (Lipinski definition) is 5. The first-order chi connectivity index (χ1) is 14.7. The van der Waals surface area contributed by atoms with Crippen LogP contribution < -0.4 is 10.9 Å². The van der Waals surface area contributed by atoms with E-state index in [1.165, 1.54) is 6.42 Å². The van der Waals surface area contributed by atoms with Gasteiger partial charge in [-0.25, -0.2) is 9.67 Å². The maximum atomic E-state index is 12.6. The lowest BCUT2D eigenvalue weighted by molar-refractivity contribution is 0.475. The van der Waals surface area contributed by atoms with Crippen molar-refractivity contribution < 1.29 is 0 Å². The zero-order valence-corrected chi connectivity index (χ0v) is 17.3. The fraction of sp³-hybridized carbons (Fsp3) is 0.304. The molecule has 3 heterocycles. The fourth-order valence-electron chi connectivity index (χ4n) is 3.59. The van der Waals surface area contributed by atoms with Gasteiger partial charge < -0.3 is 5.32 Å². The SMILES string of the molecule is CCCCCC(C)n1c(=O)ccc2cnc(Nc3ccc(-n4cccn4)cc3)nc21. The van der Waals surface area contributed by atoms with Crippen LogP contribution in [0.1, 0.15) is 45.6 Å². The highest BCUT2D eigenvalue weighted by atomic mass is 16.1. The standard InChI is InChI=1S/C23H26N6O/c1-3-4-5-7-17(2)29-21(30)13-8-18-16-24-23(27-22(18)29)26-19-9-11-20(12-10-19)28-15-6-14-25-28/h6,8-17H,3-5,7H2,1-2H3,(H,24,26,27). The summed E-state index contributed by atoms with van der Waals surface area (Å²) in [7, 11) is 0. The molecule has 0 radical (unpaired) electrons. The predicted octanol–water partition coefficient (Wildman–Crippen LogP) is 4.86. The number of rotatable bonds is 8. The second kappa shape index (κ2) is 8.90. The van der Waals surface area contributed by atoms with Crippen LogP contribution in [0.15, 0.2) is 65.8 Å². The quantitative estimate of drug-likeness (QED) is 0.426. The number of unbranched alkanes of at least 4 members (excludes halogenated alkanes) is 2. The summed E-state index contributed by atoms with van der Waals surface area (Å²) in [6.45, 7) is 4.27. The van der Waals surface area contributed by atoms with Crippen LogP contribution in [-0.4, -0.2) is 24.3 Å². The molecule has 1 aromatic carbocycles. The smallest absolute Gasteiger partial charge is 0.252 e. The van der Waals surface area contributed by atoms with Crippen molar-refractivity contribution >= 4 is 22.7 Å². The van der Waals surface area contributed by atoms with Crippen molar-refractivity contribution in [2.45, 2.75) is 45.6 Å². The van der Waals surface area contributed by atoms with Crippen molar-refractivity contribution in [2.75, 3.05) is 5.32 Å². The van der Waals surface area contributed by atoms with Gasteiger partial charge >= 0.3 is 0 Å². The number of hydrogen-bond donors (Lipinski definition) is 1. The third-order valence-electron chi connectivity index (χ3n) is 5.23. The van der Waals surface area contributed by atoms with E-state index in [2.05, 4.69) is 34.2 Å². The number of fused-ring (bicyclic) bond motifs is 1. The van der Waals surface area contributed by atoms with Crippen molar-refractivity contribution in [3.63, 3.8) is 0 Å². The van der Waals surface area contributed by atoms with Crippen LogP contribution in [0.3, 0.4) is 0 Å². The van der Waals surface area contributed by atoms with E-state index in [0.29, 0.717) is 11.6 Å². The molecule has 0 saturated heterocycles. The Morgan fingerprint density at radius 2 is 1.93 bits per heavy atom. The molecule has 30 heavy (non-hydrogen) atoms. The summed E-state index contributed by atoms with van der Waals surface area (Å²) in [5.74, 6) is 0.467. The van der Waals surface area contributed by atoms with Crippen molar-refractivity contribution in [1.29, 1.82) is 0 Å². The van der Waals surface area contributed by atoms with Gasteiger partial charge in [-0.05, 0) is 49.7 Å². The number of aromatic nitrogens is 5. The maximum absolute atomic E-state index is 12.6. The lowest BCUT2D eigenvalue weighted by Crippen LogP contribution is -2.23. The second-order valence-electron chi connectivity index (χ2n) is 7.48. The molecule has 7 nitrogen and oxygen atoms in total. The summed E-state index contributed by atoms with van der Waals surface area (Å²) in [6.07, 6.45) is 9.78. The van der Waals surface area contributed by atoms with Crippen LogP contribution in [0.25, 0.3) is 16.7 Å². The summed E-state index contributed by atoms with van der Waals surface area (Å²) in [4.78, 5) is 21.7. The Balaban J connectivity index is 1.60. The fourth-order valence-corrected chi connectivity index (χ4v) is 3.59. The van der Waals surface area contributed by atoms with E-state index in [4.69, 9.17) is 0 Å². The first-order valence-corrected chi connectivity index (χ1v) is 10.4. The van der Waals surface area contributed by atoms with E-state index in [9.17, 15) is 4.79 Å². The number of nitrogens with one attached hydrogen (secondary N) is 1. The molecular formula is C23H26N6O. The van der Waals surface area contributed by atoms with Gasteiger partial charge in [-0.15, -0.1) is 0 Å². The van der Waals surface area contributed by atoms with Crippen molar-refractivity contribution in [3.8, 4) is 5.69 Å². The molecule has 0 aliphatic rings. The Kier molecular flexibility index (Phi) is 5.88. The van der Waals surface area contributed by atoms with E-state index in [1.54, 1.807) is 33.8 Å². The molecule has 0 aliphatic heterocycles. The second-order valence-corrected chi connectivity index (χ2v) is 7.48. The lowest BCUT2D eigenvalue weighted by Gasteiger charge is -2.17. The molecule has 3 aromatic heterocycles. The van der Waals surface area contributed by atoms with E-state index in [1.807, 2.05) is 36.5 Å². The van der Waals surface area contributed by atoms with Gasteiger partial charge in [0.2, 0.25) is 5.95 Å². The van der Waals surface area contributed by atoms with Crippen LogP contribution in [-0.2, 0) is 0 Å². The van der Waals surface area contributed by atoms with Gasteiger partial charge in [0.25, 0.3) is 5.56 Å². The van der Waals surface area contributed by atoms with Crippen LogP contribution in [0.5, 0.6) is 0 Å². The highest BCUT2D eigenvalue weighted by molar-refractivity contribution is 5.75. The predicted molar refractivity (Wildman–Crippen MR) is 119 cm³/mol. The van der Waals surface area contributed by atoms with Gasteiger partial charge in [0.05, 0.1) is 5.69 Å². The van der Waals surface area contributed by atoms with Gasteiger partial charge in [-0.3, -0.25) is 9.36 Å². The summed E-state index contributed by atoms with van der Waals surface area (Å²) >= 11 is 0. The first-order valence-electron chi connectivity index (χ1n) is 10.4. The minimum Gasteiger partial charge on any atom is -0.324 e. The highest BCUT2D eigenvalue weighted by Gasteiger charge is 2.13. The summed E-state index contributed by atoms with van der Waals surface area (Å²) in [5, 5.41) is 8.33. The zero-order valence-electron chi connectivity index (χ0n) is 17.3. The van der Waals surface area contributed by atoms with E-state index in [-0.39, 0.29) is 11.6 Å². The molecule has 0 aliphatic carbocycles. The Labute approximate surface area is 175 Å². The number of pyridine rings is 1. The van der Waals surface area contributed by atoms with E-state index < -0.39 is 0 Å². The molecule has 1 unspecified atom stereocenters. The van der Waals surface area contributed by atoms with Gasteiger partial charge in [0, 0.05) is 41.8 Å². The van der Waals surface area contributed by atoms with Crippen LogP contribution in [0.2, 0.25) is 0 Å². The number of benzene rings is 1. The van der Waals surface area contributed by atoms with Crippen LogP contribution >= 0.6 is 0 Å². The largest absolute Gasteiger partial charge is 0.324 e. The van der Waals surface area contributed by atoms with E-state index in [0.717, 1.165) is 36.0 Å². The third kappa shape index (κ3) is 4.25. The molecule has 0 amide bonds. The maximum Gasteiger partial charge on any atom is 0.252 e. The van der Waals surface area contributed by atoms with E-state index >= 15 is 0 Å². The summed E-state index contributed by atoms with van der Waals surface area (Å²) in [6, 6.07) is 13.2. The number of nitrogens with zero attached hydrogens (tertiary/aromatic N) is 5. The Hall–Kier alpha value is -3.48. The highest BCUT2D eigenvalue weighted by Crippen LogP contribution is 2.21. The minimum atomic E-state index is -0.0280. The molecular weight excluding hydrogens is 376 g/mol. The average molecular weight is 403 g/mol.